The second kappa shape index (κ2) is 11.3. The maximum atomic E-state index is 12.1. The molecule has 0 saturated heterocycles. The van der Waals surface area contributed by atoms with Gasteiger partial charge in [-0.25, -0.2) is 0 Å². The Hall–Kier alpha value is -4.00. The van der Waals surface area contributed by atoms with Crippen LogP contribution in [0.4, 0.5) is 0 Å². The summed E-state index contributed by atoms with van der Waals surface area (Å²) in [5.74, 6) is 0.570. The monoisotopic (exact) mass is 420 g/mol. The molecule has 0 atom stereocenters. The van der Waals surface area contributed by atoms with Gasteiger partial charge < -0.3 is 14.2 Å². The van der Waals surface area contributed by atoms with E-state index in [1.165, 1.54) is 0 Å². The van der Waals surface area contributed by atoms with Crippen molar-refractivity contribution in [1.29, 1.82) is 0 Å². The molecule has 0 aliphatic rings. The molecule has 2 amide bonds. The third kappa shape index (κ3) is 6.50. The third-order valence-electron chi connectivity index (χ3n) is 4.18. The molecule has 0 radical (unpaired) electrons. The molecular weight excluding hydrogens is 396 g/mol. The molecular formula is C24H24N2O5. The first-order valence-electron chi connectivity index (χ1n) is 9.87. The van der Waals surface area contributed by atoms with Crippen molar-refractivity contribution in [3.8, 4) is 28.4 Å². The van der Waals surface area contributed by atoms with Crippen LogP contribution in [0, 0.1) is 0 Å². The molecule has 7 nitrogen and oxygen atoms in total. The van der Waals surface area contributed by atoms with E-state index < -0.39 is 11.8 Å². The summed E-state index contributed by atoms with van der Waals surface area (Å²) in [7, 11) is 0. The number of ether oxygens (including phenoxy) is 3. The fourth-order valence-corrected chi connectivity index (χ4v) is 2.79. The summed E-state index contributed by atoms with van der Waals surface area (Å²) in [4.78, 5) is 24.0. The number of hydrogen-bond acceptors (Lipinski definition) is 5. The fraction of sp³-hybridized carbons (Fsp3) is 0.167. The van der Waals surface area contributed by atoms with Crippen molar-refractivity contribution in [2.75, 3.05) is 19.8 Å². The number of para-hydroxylation sites is 3. The smallest absolute Gasteiger partial charge is 0.276 e. The molecule has 0 fully saturated rings. The van der Waals surface area contributed by atoms with Gasteiger partial charge in [0.2, 0.25) is 0 Å². The van der Waals surface area contributed by atoms with Crippen molar-refractivity contribution in [2.24, 2.45) is 0 Å². The van der Waals surface area contributed by atoms with E-state index in [4.69, 9.17) is 14.2 Å². The van der Waals surface area contributed by atoms with Crippen LogP contribution < -0.4 is 25.1 Å². The Kier molecular flexibility index (Phi) is 7.88. The van der Waals surface area contributed by atoms with Crippen LogP contribution >= 0.6 is 0 Å². The molecule has 3 rings (SSSR count). The summed E-state index contributed by atoms with van der Waals surface area (Å²) in [6, 6.07) is 24.2. The van der Waals surface area contributed by atoms with Crippen LogP contribution in [-0.2, 0) is 9.59 Å². The molecule has 0 aliphatic carbocycles. The van der Waals surface area contributed by atoms with E-state index in [-0.39, 0.29) is 13.2 Å². The highest BCUT2D eigenvalue weighted by molar-refractivity contribution is 5.83. The molecule has 0 aliphatic heterocycles. The first-order chi connectivity index (χ1) is 15.2. The minimum absolute atomic E-state index is 0.252. The maximum absolute atomic E-state index is 12.1. The van der Waals surface area contributed by atoms with Gasteiger partial charge in [-0.15, -0.1) is 0 Å². The number of nitrogens with one attached hydrogen (secondary N) is 2. The van der Waals surface area contributed by atoms with Crippen molar-refractivity contribution >= 4 is 11.8 Å². The van der Waals surface area contributed by atoms with E-state index in [0.29, 0.717) is 23.9 Å². The number of hydrazine groups is 1. The number of hydrogen-bond donors (Lipinski definition) is 2. The van der Waals surface area contributed by atoms with Gasteiger partial charge in [0.1, 0.15) is 5.75 Å². The zero-order valence-corrected chi connectivity index (χ0v) is 17.2. The molecule has 0 bridgehead atoms. The predicted octanol–water partition coefficient (Wildman–Crippen LogP) is 3.36. The molecule has 0 aromatic heterocycles. The van der Waals surface area contributed by atoms with Gasteiger partial charge in [-0.1, -0.05) is 60.7 Å². The molecule has 7 heteroatoms. The Morgan fingerprint density at radius 3 is 1.74 bits per heavy atom. The summed E-state index contributed by atoms with van der Waals surface area (Å²) < 4.78 is 16.5. The summed E-state index contributed by atoms with van der Waals surface area (Å²) in [6.07, 6.45) is 0. The highest BCUT2D eigenvalue weighted by atomic mass is 16.5. The maximum Gasteiger partial charge on any atom is 0.276 e. The summed E-state index contributed by atoms with van der Waals surface area (Å²) in [6.45, 7) is 1.82. The second-order valence-corrected chi connectivity index (χ2v) is 6.42. The SMILES string of the molecule is CCOc1ccccc1OCC(=O)NNC(=O)COc1ccccc1-c1ccccc1. The standard InChI is InChI=1S/C24H24N2O5/c1-2-29-21-14-8-9-15-22(21)31-17-24(28)26-25-23(27)16-30-20-13-7-6-12-19(20)18-10-4-3-5-11-18/h3-15H,2,16-17H2,1H3,(H,25,27)(H,26,28). The molecule has 2 N–H and O–H groups in total. The van der Waals surface area contributed by atoms with Gasteiger partial charge in [0.05, 0.1) is 6.61 Å². The average Bonchev–Trinajstić information content (AvgIpc) is 2.82. The van der Waals surface area contributed by atoms with Crippen molar-refractivity contribution in [1.82, 2.24) is 10.9 Å². The number of carbonyl (C=O) groups is 2. The van der Waals surface area contributed by atoms with Gasteiger partial charge in [0.25, 0.3) is 11.8 Å². The predicted molar refractivity (Wildman–Crippen MR) is 117 cm³/mol. The van der Waals surface area contributed by atoms with E-state index in [2.05, 4.69) is 10.9 Å². The molecule has 3 aromatic rings. The van der Waals surface area contributed by atoms with Gasteiger partial charge in [0.15, 0.2) is 24.7 Å². The Labute approximate surface area is 180 Å². The molecule has 0 saturated carbocycles. The second-order valence-electron chi connectivity index (χ2n) is 6.42. The largest absolute Gasteiger partial charge is 0.490 e. The van der Waals surface area contributed by atoms with E-state index in [1.54, 1.807) is 24.3 Å². The zero-order valence-electron chi connectivity index (χ0n) is 17.2. The number of carbonyl (C=O) groups excluding carboxylic acids is 2. The first kappa shape index (κ1) is 21.7. The third-order valence-corrected chi connectivity index (χ3v) is 4.18. The van der Waals surface area contributed by atoms with Crippen LogP contribution in [0.5, 0.6) is 17.2 Å². The topological polar surface area (TPSA) is 85.9 Å². The Morgan fingerprint density at radius 2 is 1.13 bits per heavy atom. The Balaban J connectivity index is 1.46. The quantitative estimate of drug-likeness (QED) is 0.519. The molecule has 0 heterocycles. The van der Waals surface area contributed by atoms with E-state index in [9.17, 15) is 9.59 Å². The minimum atomic E-state index is -0.510. The highest BCUT2D eigenvalue weighted by Gasteiger charge is 2.11. The summed E-state index contributed by atoms with van der Waals surface area (Å²) in [5.41, 5.74) is 6.47. The normalized spacial score (nSPS) is 10.1. The van der Waals surface area contributed by atoms with Crippen LogP contribution in [0.1, 0.15) is 6.92 Å². The van der Waals surface area contributed by atoms with Gasteiger partial charge in [-0.05, 0) is 30.7 Å². The highest BCUT2D eigenvalue weighted by Crippen LogP contribution is 2.29. The van der Waals surface area contributed by atoms with Crippen molar-refractivity contribution in [3.05, 3.63) is 78.9 Å². The lowest BCUT2D eigenvalue weighted by atomic mass is 10.1. The zero-order chi connectivity index (χ0) is 21.9. The summed E-state index contributed by atoms with van der Waals surface area (Å²) >= 11 is 0. The van der Waals surface area contributed by atoms with Crippen LogP contribution in [0.25, 0.3) is 11.1 Å². The van der Waals surface area contributed by atoms with E-state index >= 15 is 0 Å². The minimum Gasteiger partial charge on any atom is -0.490 e. The number of benzene rings is 3. The molecule has 160 valence electrons. The molecule has 0 spiro atoms. The van der Waals surface area contributed by atoms with Crippen LogP contribution in [0.15, 0.2) is 78.9 Å². The van der Waals surface area contributed by atoms with Gasteiger partial charge in [-0.2, -0.15) is 0 Å². The Bertz CT molecular complexity index is 1010. The number of rotatable bonds is 9. The van der Waals surface area contributed by atoms with Crippen molar-refractivity contribution in [2.45, 2.75) is 6.92 Å². The molecule has 3 aromatic carbocycles. The van der Waals surface area contributed by atoms with Crippen LogP contribution in [-0.4, -0.2) is 31.6 Å². The van der Waals surface area contributed by atoms with E-state index in [1.807, 2.05) is 61.5 Å². The lowest BCUT2D eigenvalue weighted by molar-refractivity contribution is -0.131. The number of amides is 2. The van der Waals surface area contributed by atoms with Crippen molar-refractivity contribution < 1.29 is 23.8 Å². The van der Waals surface area contributed by atoms with Crippen LogP contribution in [0.2, 0.25) is 0 Å². The molecule has 31 heavy (non-hydrogen) atoms. The fourth-order valence-electron chi connectivity index (χ4n) is 2.79. The van der Waals surface area contributed by atoms with E-state index in [0.717, 1.165) is 11.1 Å². The Morgan fingerprint density at radius 1 is 0.645 bits per heavy atom. The first-order valence-corrected chi connectivity index (χ1v) is 9.87. The van der Waals surface area contributed by atoms with Crippen molar-refractivity contribution in [3.63, 3.8) is 0 Å². The average molecular weight is 420 g/mol. The molecule has 0 unspecified atom stereocenters. The van der Waals surface area contributed by atoms with Crippen LogP contribution in [0.3, 0.4) is 0 Å². The van der Waals surface area contributed by atoms with Gasteiger partial charge in [-0.3, -0.25) is 20.4 Å². The summed E-state index contributed by atoms with van der Waals surface area (Å²) in [5, 5.41) is 0. The lowest BCUT2D eigenvalue weighted by Crippen LogP contribution is -2.45. The van der Waals surface area contributed by atoms with Gasteiger partial charge in [0, 0.05) is 5.56 Å². The lowest BCUT2D eigenvalue weighted by Gasteiger charge is -2.13. The van der Waals surface area contributed by atoms with Gasteiger partial charge >= 0.3 is 0 Å².